The summed E-state index contributed by atoms with van der Waals surface area (Å²) in [6.45, 7) is 7.37. The van der Waals surface area contributed by atoms with Gasteiger partial charge in [0.05, 0.1) is 12.0 Å². The van der Waals surface area contributed by atoms with Gasteiger partial charge in [0, 0.05) is 21.9 Å². The predicted octanol–water partition coefficient (Wildman–Crippen LogP) is 5.04. The van der Waals surface area contributed by atoms with E-state index in [-0.39, 0.29) is 12.0 Å². The van der Waals surface area contributed by atoms with Crippen molar-refractivity contribution in [1.29, 1.82) is 0 Å². The first-order valence-corrected chi connectivity index (χ1v) is 11.3. The molecule has 0 spiro atoms. The topological polar surface area (TPSA) is 110 Å². The zero-order chi connectivity index (χ0) is 24.6. The van der Waals surface area contributed by atoms with Crippen molar-refractivity contribution in [3.63, 3.8) is 0 Å². The SMILES string of the molecule is CCC[C@H](NC(=O)Cc1c(C)c2cc3c(-c4ccccc4)c(C)oc3c(C)c2oc1=O)C(=O)O. The van der Waals surface area contributed by atoms with E-state index in [9.17, 15) is 19.5 Å². The number of hydrogen-bond donors (Lipinski definition) is 2. The monoisotopic (exact) mass is 461 g/mol. The molecule has 0 saturated carbocycles. The Labute approximate surface area is 196 Å². The van der Waals surface area contributed by atoms with Crippen LogP contribution in [-0.2, 0) is 16.0 Å². The van der Waals surface area contributed by atoms with Gasteiger partial charge in [-0.15, -0.1) is 0 Å². The van der Waals surface area contributed by atoms with Crippen molar-refractivity contribution < 1.29 is 23.5 Å². The summed E-state index contributed by atoms with van der Waals surface area (Å²) in [6.07, 6.45) is 0.661. The van der Waals surface area contributed by atoms with Crippen LogP contribution in [0.4, 0.5) is 0 Å². The first kappa shape index (κ1) is 23.3. The summed E-state index contributed by atoms with van der Waals surface area (Å²) in [5.41, 5.74) is 4.00. The second kappa shape index (κ2) is 9.17. The van der Waals surface area contributed by atoms with E-state index in [2.05, 4.69) is 5.32 Å². The van der Waals surface area contributed by atoms with Crippen LogP contribution in [0.1, 0.15) is 42.2 Å². The molecule has 176 valence electrons. The minimum atomic E-state index is -1.10. The molecular formula is C27H27NO6. The van der Waals surface area contributed by atoms with Gasteiger partial charge in [0.15, 0.2) is 0 Å². The van der Waals surface area contributed by atoms with Crippen LogP contribution in [0.3, 0.4) is 0 Å². The highest BCUT2D eigenvalue weighted by Crippen LogP contribution is 2.39. The molecule has 0 bridgehead atoms. The zero-order valence-corrected chi connectivity index (χ0v) is 19.7. The number of fused-ring (bicyclic) bond motifs is 2. The standard InChI is InChI=1S/C27H27NO6/c1-5-9-21(26(30)31)28-22(29)13-19-14(2)18-12-20-23(17-10-7-6-8-11-17)16(4)33-25(20)15(3)24(18)34-27(19)32/h6-8,10-12,21H,5,9,13H2,1-4H3,(H,28,29)(H,30,31)/t21-/m0/s1. The van der Waals surface area contributed by atoms with Crippen molar-refractivity contribution in [3.8, 4) is 11.1 Å². The molecule has 0 fully saturated rings. The summed E-state index contributed by atoms with van der Waals surface area (Å²) in [5, 5.41) is 13.4. The molecule has 1 atom stereocenters. The third kappa shape index (κ3) is 4.09. The molecular weight excluding hydrogens is 434 g/mol. The maximum atomic E-state index is 12.8. The van der Waals surface area contributed by atoms with E-state index in [1.165, 1.54) is 0 Å². The second-order valence-corrected chi connectivity index (χ2v) is 8.57. The van der Waals surface area contributed by atoms with Gasteiger partial charge in [-0.05, 0) is 44.4 Å². The Kier molecular flexibility index (Phi) is 6.28. The molecule has 1 amide bonds. The first-order valence-electron chi connectivity index (χ1n) is 11.3. The average Bonchev–Trinajstić information content (AvgIpc) is 3.14. The maximum absolute atomic E-state index is 12.8. The minimum Gasteiger partial charge on any atom is -0.480 e. The summed E-state index contributed by atoms with van der Waals surface area (Å²) in [6, 6.07) is 10.9. The van der Waals surface area contributed by atoms with Gasteiger partial charge in [-0.25, -0.2) is 9.59 Å². The lowest BCUT2D eigenvalue weighted by molar-refractivity contribution is -0.141. The number of aryl methyl sites for hydroxylation is 3. The number of rotatable bonds is 7. The molecule has 0 saturated heterocycles. The van der Waals surface area contributed by atoms with Gasteiger partial charge < -0.3 is 19.3 Å². The predicted molar refractivity (Wildman–Crippen MR) is 130 cm³/mol. The molecule has 0 aliphatic carbocycles. The highest BCUT2D eigenvalue weighted by Gasteiger charge is 2.23. The molecule has 7 nitrogen and oxygen atoms in total. The van der Waals surface area contributed by atoms with Crippen molar-refractivity contribution in [1.82, 2.24) is 5.32 Å². The quantitative estimate of drug-likeness (QED) is 0.373. The summed E-state index contributed by atoms with van der Waals surface area (Å²) < 4.78 is 11.7. The van der Waals surface area contributed by atoms with Crippen LogP contribution in [0, 0.1) is 20.8 Å². The Hall–Kier alpha value is -3.87. The number of carbonyl (C=O) groups is 2. The number of furan rings is 1. The van der Waals surface area contributed by atoms with Crippen LogP contribution in [0.25, 0.3) is 33.1 Å². The normalized spacial score (nSPS) is 12.2. The van der Waals surface area contributed by atoms with Gasteiger partial charge in [-0.2, -0.15) is 0 Å². The number of carboxylic acid groups (broad SMARTS) is 1. The van der Waals surface area contributed by atoms with Crippen molar-refractivity contribution in [2.75, 3.05) is 0 Å². The molecule has 0 aliphatic rings. The molecule has 2 aromatic heterocycles. The zero-order valence-electron chi connectivity index (χ0n) is 19.7. The second-order valence-electron chi connectivity index (χ2n) is 8.57. The number of benzene rings is 2. The van der Waals surface area contributed by atoms with Crippen LogP contribution in [0.2, 0.25) is 0 Å². The summed E-state index contributed by atoms with van der Waals surface area (Å²) in [7, 11) is 0. The van der Waals surface area contributed by atoms with Gasteiger partial charge in [0.1, 0.15) is 23.0 Å². The van der Waals surface area contributed by atoms with Crippen LogP contribution in [0.5, 0.6) is 0 Å². The molecule has 0 aliphatic heterocycles. The number of amides is 1. The molecule has 2 heterocycles. The Balaban J connectivity index is 1.83. The Morgan fingerprint density at radius 1 is 1.00 bits per heavy atom. The van der Waals surface area contributed by atoms with Crippen LogP contribution in [0.15, 0.2) is 50.0 Å². The third-order valence-corrected chi connectivity index (χ3v) is 6.24. The Bertz CT molecular complexity index is 1460. The molecule has 0 unspecified atom stereocenters. The number of hydrogen-bond acceptors (Lipinski definition) is 5. The van der Waals surface area contributed by atoms with Crippen LogP contribution in [-0.4, -0.2) is 23.0 Å². The molecule has 4 aromatic rings. The van der Waals surface area contributed by atoms with E-state index in [1.54, 1.807) is 6.92 Å². The van der Waals surface area contributed by atoms with E-state index in [0.29, 0.717) is 40.5 Å². The lowest BCUT2D eigenvalue weighted by Gasteiger charge is -2.14. The number of carbonyl (C=O) groups excluding carboxylic acids is 1. The maximum Gasteiger partial charge on any atom is 0.340 e. The minimum absolute atomic E-state index is 0.214. The van der Waals surface area contributed by atoms with Crippen molar-refractivity contribution in [2.45, 2.75) is 53.0 Å². The smallest absolute Gasteiger partial charge is 0.340 e. The molecule has 34 heavy (non-hydrogen) atoms. The summed E-state index contributed by atoms with van der Waals surface area (Å²) >= 11 is 0. The van der Waals surface area contributed by atoms with Gasteiger partial charge in [0.2, 0.25) is 5.91 Å². The van der Waals surface area contributed by atoms with Crippen molar-refractivity contribution in [2.24, 2.45) is 0 Å². The van der Waals surface area contributed by atoms with Gasteiger partial charge in [0.25, 0.3) is 0 Å². The fraction of sp³-hybridized carbons (Fsp3) is 0.296. The molecule has 2 N–H and O–H groups in total. The van der Waals surface area contributed by atoms with Crippen molar-refractivity contribution in [3.05, 3.63) is 69.3 Å². The van der Waals surface area contributed by atoms with Gasteiger partial charge in [-0.3, -0.25) is 4.79 Å². The fourth-order valence-electron chi connectivity index (χ4n) is 4.49. The Morgan fingerprint density at radius 2 is 1.68 bits per heavy atom. The van der Waals surface area contributed by atoms with E-state index in [4.69, 9.17) is 8.83 Å². The fourth-order valence-corrected chi connectivity index (χ4v) is 4.49. The van der Waals surface area contributed by atoms with Crippen LogP contribution < -0.4 is 10.9 Å². The van der Waals surface area contributed by atoms with Crippen LogP contribution >= 0.6 is 0 Å². The van der Waals surface area contributed by atoms with Gasteiger partial charge in [-0.1, -0.05) is 43.7 Å². The highest BCUT2D eigenvalue weighted by molar-refractivity contribution is 6.06. The number of aliphatic carboxylic acids is 1. The Morgan fingerprint density at radius 3 is 2.32 bits per heavy atom. The molecule has 2 aromatic carbocycles. The third-order valence-electron chi connectivity index (χ3n) is 6.24. The summed E-state index contributed by atoms with van der Waals surface area (Å²) in [5.74, 6) is -0.869. The average molecular weight is 462 g/mol. The lowest BCUT2D eigenvalue weighted by atomic mass is 9.96. The van der Waals surface area contributed by atoms with E-state index in [1.807, 2.05) is 57.2 Å². The van der Waals surface area contributed by atoms with E-state index >= 15 is 0 Å². The summed E-state index contributed by atoms with van der Waals surface area (Å²) in [4.78, 5) is 36.8. The molecule has 4 rings (SSSR count). The van der Waals surface area contributed by atoms with E-state index in [0.717, 1.165) is 22.3 Å². The van der Waals surface area contributed by atoms with E-state index < -0.39 is 23.5 Å². The van der Waals surface area contributed by atoms with Gasteiger partial charge >= 0.3 is 11.6 Å². The molecule has 7 heteroatoms. The largest absolute Gasteiger partial charge is 0.480 e. The highest BCUT2D eigenvalue weighted by atomic mass is 16.4. The van der Waals surface area contributed by atoms with Crippen molar-refractivity contribution >= 4 is 33.8 Å². The molecule has 0 radical (unpaired) electrons. The first-order chi connectivity index (χ1) is 16.2. The number of carboxylic acids is 1. The number of nitrogens with one attached hydrogen (secondary N) is 1. The lowest BCUT2D eigenvalue weighted by Crippen LogP contribution is -2.41.